The van der Waals surface area contributed by atoms with Crippen LogP contribution in [0.15, 0.2) is 30.6 Å². The Morgan fingerprint density at radius 2 is 2.11 bits per heavy atom. The molecule has 18 heavy (non-hydrogen) atoms. The normalized spacial score (nSPS) is 10.4. The summed E-state index contributed by atoms with van der Waals surface area (Å²) >= 11 is 0. The number of imidazole rings is 1. The first kappa shape index (κ1) is 10.4. The summed E-state index contributed by atoms with van der Waals surface area (Å²) in [5.74, 6) is 0.625. The Kier molecular flexibility index (Phi) is 2.27. The Morgan fingerprint density at radius 3 is 2.83 bits per heavy atom. The number of aromatic nitrogens is 4. The Morgan fingerprint density at radius 1 is 1.22 bits per heavy atom. The molecule has 0 aliphatic carbocycles. The van der Waals surface area contributed by atoms with Crippen molar-refractivity contribution in [1.82, 2.24) is 19.9 Å². The van der Waals surface area contributed by atoms with Crippen molar-refractivity contribution in [3.63, 3.8) is 0 Å². The molecule has 5 nitrogen and oxygen atoms in total. The number of benzene rings is 1. The Hall–Kier alpha value is -2.74. The number of nitrogens with zero attached hydrogens (tertiary/aromatic N) is 4. The molecule has 3 rings (SSSR count). The number of hydrogen-bond acceptors (Lipinski definition) is 4. The number of aromatic amines is 1. The highest BCUT2D eigenvalue weighted by atomic mass is 15.0. The van der Waals surface area contributed by atoms with E-state index in [1.807, 2.05) is 19.1 Å². The summed E-state index contributed by atoms with van der Waals surface area (Å²) < 4.78 is 0. The predicted octanol–water partition coefficient (Wildman–Crippen LogP) is 2.20. The van der Waals surface area contributed by atoms with Crippen LogP contribution in [0.4, 0.5) is 0 Å². The zero-order valence-corrected chi connectivity index (χ0v) is 9.68. The van der Waals surface area contributed by atoms with Crippen molar-refractivity contribution >= 4 is 11.0 Å². The summed E-state index contributed by atoms with van der Waals surface area (Å²) in [6.07, 6.45) is 3.35. The average molecular weight is 235 g/mol. The second kappa shape index (κ2) is 3.93. The fraction of sp³-hybridized carbons (Fsp3) is 0.0769. The highest BCUT2D eigenvalue weighted by Crippen LogP contribution is 2.20. The van der Waals surface area contributed by atoms with E-state index in [1.165, 1.54) is 0 Å². The molecule has 1 aromatic carbocycles. The molecule has 0 aliphatic rings. The third-order valence-corrected chi connectivity index (χ3v) is 2.66. The molecule has 0 bridgehead atoms. The minimum atomic E-state index is 0.551. The standard InChI is InChI=1S/C13H9N5/c1-8-6-16-11(7-15-8)13-17-10-4-2-3-9(5-14)12(10)18-13/h2-4,6-7H,1H3,(H,17,18). The lowest BCUT2D eigenvalue weighted by Crippen LogP contribution is -1.89. The summed E-state index contributed by atoms with van der Waals surface area (Å²) in [5, 5.41) is 9.02. The number of hydrogen-bond donors (Lipinski definition) is 1. The number of aryl methyl sites for hydroxylation is 1. The SMILES string of the molecule is Cc1cnc(-c2nc3c(C#N)cccc3[nH]2)cn1. The molecule has 0 aliphatic heterocycles. The maximum Gasteiger partial charge on any atom is 0.158 e. The molecule has 0 atom stereocenters. The molecule has 0 spiro atoms. The quantitative estimate of drug-likeness (QED) is 0.701. The zero-order valence-electron chi connectivity index (χ0n) is 9.68. The van der Waals surface area contributed by atoms with Crippen molar-refractivity contribution in [3.8, 4) is 17.6 Å². The Balaban J connectivity index is 2.20. The van der Waals surface area contributed by atoms with E-state index in [4.69, 9.17) is 5.26 Å². The summed E-state index contributed by atoms with van der Waals surface area (Å²) in [7, 11) is 0. The number of nitriles is 1. The number of rotatable bonds is 1. The van der Waals surface area contributed by atoms with Crippen LogP contribution in [0.5, 0.6) is 0 Å². The van der Waals surface area contributed by atoms with E-state index in [1.54, 1.807) is 18.5 Å². The average Bonchev–Trinajstić information content (AvgIpc) is 2.83. The molecule has 0 saturated carbocycles. The first-order valence-electron chi connectivity index (χ1n) is 5.46. The molecular weight excluding hydrogens is 226 g/mol. The number of para-hydroxylation sites is 1. The van der Waals surface area contributed by atoms with E-state index >= 15 is 0 Å². The van der Waals surface area contributed by atoms with Crippen LogP contribution in [0.3, 0.4) is 0 Å². The van der Waals surface area contributed by atoms with Crippen molar-refractivity contribution in [2.45, 2.75) is 6.92 Å². The van der Waals surface area contributed by atoms with Gasteiger partial charge in [-0.1, -0.05) is 6.07 Å². The van der Waals surface area contributed by atoms with Gasteiger partial charge >= 0.3 is 0 Å². The molecule has 2 heterocycles. The minimum absolute atomic E-state index is 0.551. The number of H-pyrrole nitrogens is 1. The van der Waals surface area contributed by atoms with Crippen LogP contribution < -0.4 is 0 Å². The maximum atomic E-state index is 9.02. The van der Waals surface area contributed by atoms with Crippen molar-refractivity contribution in [1.29, 1.82) is 5.26 Å². The van der Waals surface area contributed by atoms with Crippen molar-refractivity contribution in [3.05, 3.63) is 41.9 Å². The van der Waals surface area contributed by atoms with Gasteiger partial charge in [-0.3, -0.25) is 4.98 Å². The monoisotopic (exact) mass is 235 g/mol. The lowest BCUT2D eigenvalue weighted by Gasteiger charge is -1.94. The lowest BCUT2D eigenvalue weighted by atomic mass is 10.2. The Bertz CT molecular complexity index is 749. The predicted molar refractivity (Wildman–Crippen MR) is 66.6 cm³/mol. The summed E-state index contributed by atoms with van der Waals surface area (Å²) in [5.41, 5.74) is 3.56. The molecule has 0 amide bonds. The van der Waals surface area contributed by atoms with Crippen LogP contribution in [-0.4, -0.2) is 19.9 Å². The van der Waals surface area contributed by atoms with Crippen LogP contribution in [0, 0.1) is 18.3 Å². The van der Waals surface area contributed by atoms with Crippen molar-refractivity contribution in [2.75, 3.05) is 0 Å². The molecule has 5 heteroatoms. The second-order valence-corrected chi connectivity index (χ2v) is 3.94. The first-order valence-corrected chi connectivity index (χ1v) is 5.46. The minimum Gasteiger partial charge on any atom is -0.337 e. The fourth-order valence-corrected chi connectivity index (χ4v) is 1.76. The first-order chi connectivity index (χ1) is 8.78. The van der Waals surface area contributed by atoms with Gasteiger partial charge in [-0.2, -0.15) is 5.26 Å². The number of nitrogens with one attached hydrogen (secondary N) is 1. The van der Waals surface area contributed by atoms with Crippen LogP contribution in [0.2, 0.25) is 0 Å². The topological polar surface area (TPSA) is 78.2 Å². The lowest BCUT2D eigenvalue weighted by molar-refractivity contribution is 1.10. The highest BCUT2D eigenvalue weighted by molar-refractivity contribution is 5.83. The van der Waals surface area contributed by atoms with Gasteiger partial charge in [-0.25, -0.2) is 9.97 Å². The molecule has 0 fully saturated rings. The molecule has 0 saturated heterocycles. The molecule has 86 valence electrons. The van der Waals surface area contributed by atoms with E-state index < -0.39 is 0 Å². The Labute approximate surface area is 103 Å². The van der Waals surface area contributed by atoms with Gasteiger partial charge in [-0.15, -0.1) is 0 Å². The molecule has 1 N–H and O–H groups in total. The van der Waals surface area contributed by atoms with Gasteiger partial charge in [0.15, 0.2) is 5.82 Å². The molecule has 0 unspecified atom stereocenters. The van der Waals surface area contributed by atoms with Gasteiger partial charge in [0.25, 0.3) is 0 Å². The fourth-order valence-electron chi connectivity index (χ4n) is 1.76. The van der Waals surface area contributed by atoms with E-state index in [9.17, 15) is 0 Å². The maximum absolute atomic E-state index is 9.02. The summed E-state index contributed by atoms with van der Waals surface area (Å²) in [6.45, 7) is 1.88. The molecule has 0 radical (unpaired) electrons. The van der Waals surface area contributed by atoms with Crippen LogP contribution >= 0.6 is 0 Å². The van der Waals surface area contributed by atoms with Gasteiger partial charge in [-0.05, 0) is 19.1 Å². The van der Waals surface area contributed by atoms with Gasteiger partial charge in [0, 0.05) is 6.20 Å². The van der Waals surface area contributed by atoms with Crippen LogP contribution in [-0.2, 0) is 0 Å². The number of fused-ring (bicyclic) bond motifs is 1. The van der Waals surface area contributed by atoms with Crippen LogP contribution in [0.1, 0.15) is 11.3 Å². The molecular formula is C13H9N5. The summed E-state index contributed by atoms with van der Waals surface area (Å²) in [4.78, 5) is 16.0. The van der Waals surface area contributed by atoms with Gasteiger partial charge in [0.05, 0.1) is 23.0 Å². The van der Waals surface area contributed by atoms with Gasteiger partial charge in [0.1, 0.15) is 17.3 Å². The second-order valence-electron chi connectivity index (χ2n) is 3.94. The smallest absolute Gasteiger partial charge is 0.158 e. The summed E-state index contributed by atoms with van der Waals surface area (Å²) in [6, 6.07) is 7.58. The third-order valence-electron chi connectivity index (χ3n) is 2.66. The van der Waals surface area contributed by atoms with E-state index in [0.717, 1.165) is 11.2 Å². The highest BCUT2D eigenvalue weighted by Gasteiger charge is 2.09. The zero-order chi connectivity index (χ0) is 12.5. The van der Waals surface area contributed by atoms with Crippen LogP contribution in [0.25, 0.3) is 22.6 Å². The van der Waals surface area contributed by atoms with Gasteiger partial charge < -0.3 is 4.98 Å². The van der Waals surface area contributed by atoms with Gasteiger partial charge in [0.2, 0.25) is 0 Å². The van der Waals surface area contributed by atoms with Crippen molar-refractivity contribution in [2.24, 2.45) is 0 Å². The third kappa shape index (κ3) is 1.60. The van der Waals surface area contributed by atoms with Crippen molar-refractivity contribution < 1.29 is 0 Å². The largest absolute Gasteiger partial charge is 0.337 e. The van der Waals surface area contributed by atoms with E-state index in [2.05, 4.69) is 26.0 Å². The molecule has 2 aromatic heterocycles. The molecule has 3 aromatic rings. The van der Waals surface area contributed by atoms with E-state index in [0.29, 0.717) is 22.6 Å². The van der Waals surface area contributed by atoms with E-state index in [-0.39, 0.29) is 0 Å².